The zero-order valence-electron chi connectivity index (χ0n) is 13.5. The van der Waals surface area contributed by atoms with Crippen molar-refractivity contribution in [3.05, 3.63) is 23.0 Å². The van der Waals surface area contributed by atoms with Gasteiger partial charge in [0.15, 0.2) is 0 Å². The van der Waals surface area contributed by atoms with Gasteiger partial charge < -0.3 is 4.74 Å². The molecule has 3 nitrogen and oxygen atoms in total. The van der Waals surface area contributed by atoms with Gasteiger partial charge in [0.05, 0.1) is 12.8 Å². The summed E-state index contributed by atoms with van der Waals surface area (Å²) in [7, 11) is 1.66. The molecule has 0 saturated carbocycles. The summed E-state index contributed by atoms with van der Waals surface area (Å²) in [4.78, 5) is 16.9. The molecule has 0 unspecified atom stereocenters. The van der Waals surface area contributed by atoms with E-state index in [1.54, 1.807) is 13.3 Å². The van der Waals surface area contributed by atoms with E-state index in [-0.39, 0.29) is 5.92 Å². The van der Waals surface area contributed by atoms with Crippen LogP contribution in [0.1, 0.15) is 56.4 Å². The number of aryl methyl sites for hydroxylation is 1. The third-order valence-electron chi connectivity index (χ3n) is 3.82. The summed E-state index contributed by atoms with van der Waals surface area (Å²) in [6.07, 6.45) is 6.29. The summed E-state index contributed by atoms with van der Waals surface area (Å²) in [5.74, 6) is 1.35. The molecule has 0 spiro atoms. The van der Waals surface area contributed by atoms with Crippen molar-refractivity contribution in [2.75, 3.05) is 7.11 Å². The highest BCUT2D eigenvalue weighted by atomic mass is 16.5. The molecule has 112 valence electrons. The predicted molar refractivity (Wildman–Crippen MR) is 82.3 cm³/mol. The number of nitrogens with zero attached hydrogens (tertiary/aromatic N) is 1. The Morgan fingerprint density at radius 2 is 1.85 bits per heavy atom. The number of hydrogen-bond acceptors (Lipinski definition) is 3. The Morgan fingerprint density at radius 3 is 2.35 bits per heavy atom. The van der Waals surface area contributed by atoms with Gasteiger partial charge in [-0.3, -0.25) is 9.78 Å². The van der Waals surface area contributed by atoms with Crippen molar-refractivity contribution in [2.45, 2.75) is 59.8 Å². The second-order valence-corrected chi connectivity index (χ2v) is 5.46. The molecule has 1 aromatic rings. The zero-order chi connectivity index (χ0) is 15.1. The van der Waals surface area contributed by atoms with E-state index in [0.717, 1.165) is 48.3 Å². The number of methoxy groups -OCH3 is 1. The molecule has 0 bridgehead atoms. The summed E-state index contributed by atoms with van der Waals surface area (Å²) in [6.45, 7) is 8.22. The number of carbonyl (C=O) groups excluding carboxylic acids is 1. The number of ketones is 1. The molecule has 0 radical (unpaired) electrons. The SMILES string of the molecule is CCCC(CCC)C(=O)Cc1ncc(C)c(OC)c1C. The van der Waals surface area contributed by atoms with Crippen LogP contribution in [0.25, 0.3) is 0 Å². The topological polar surface area (TPSA) is 39.2 Å². The normalized spacial score (nSPS) is 10.9. The lowest BCUT2D eigenvalue weighted by Gasteiger charge is -2.16. The summed E-state index contributed by atoms with van der Waals surface area (Å²) in [5.41, 5.74) is 2.86. The number of aromatic nitrogens is 1. The van der Waals surface area contributed by atoms with E-state index >= 15 is 0 Å². The number of pyridine rings is 1. The Bertz CT molecular complexity index is 449. The van der Waals surface area contributed by atoms with Crippen molar-refractivity contribution in [1.29, 1.82) is 0 Å². The zero-order valence-corrected chi connectivity index (χ0v) is 13.5. The number of carbonyl (C=O) groups is 1. The molecule has 0 aliphatic carbocycles. The van der Waals surface area contributed by atoms with Crippen LogP contribution < -0.4 is 4.74 Å². The van der Waals surface area contributed by atoms with Crippen molar-refractivity contribution < 1.29 is 9.53 Å². The third-order valence-corrected chi connectivity index (χ3v) is 3.82. The highest BCUT2D eigenvalue weighted by Crippen LogP contribution is 2.25. The van der Waals surface area contributed by atoms with Gasteiger partial charge in [0.2, 0.25) is 0 Å². The highest BCUT2D eigenvalue weighted by Gasteiger charge is 2.19. The second-order valence-electron chi connectivity index (χ2n) is 5.46. The molecule has 3 heteroatoms. The standard InChI is InChI=1S/C17H27NO2/c1-6-8-14(9-7-2)16(19)10-15-13(4)17(20-5)12(3)11-18-15/h11,14H,6-10H2,1-5H3. The molecule has 0 aromatic carbocycles. The lowest BCUT2D eigenvalue weighted by Crippen LogP contribution is -2.18. The molecule has 20 heavy (non-hydrogen) atoms. The molecule has 0 amide bonds. The van der Waals surface area contributed by atoms with Crippen LogP contribution in [0.3, 0.4) is 0 Å². The molecular formula is C17H27NO2. The lowest BCUT2D eigenvalue weighted by molar-refractivity contribution is -0.122. The van der Waals surface area contributed by atoms with E-state index in [0.29, 0.717) is 12.2 Å². The molecule has 0 N–H and O–H groups in total. The fourth-order valence-corrected chi connectivity index (χ4v) is 2.72. The first-order valence-electron chi connectivity index (χ1n) is 7.56. The van der Waals surface area contributed by atoms with Crippen molar-refractivity contribution >= 4 is 5.78 Å². The molecule has 1 rings (SSSR count). The molecule has 0 aliphatic heterocycles. The molecule has 0 saturated heterocycles. The highest BCUT2D eigenvalue weighted by molar-refractivity contribution is 5.83. The van der Waals surface area contributed by atoms with Crippen LogP contribution in [0, 0.1) is 19.8 Å². The van der Waals surface area contributed by atoms with E-state index in [9.17, 15) is 4.79 Å². The van der Waals surface area contributed by atoms with Crippen LogP contribution in [-0.2, 0) is 11.2 Å². The quantitative estimate of drug-likeness (QED) is 0.720. The van der Waals surface area contributed by atoms with E-state index in [1.165, 1.54) is 0 Å². The van der Waals surface area contributed by atoms with Crippen LogP contribution in [0.15, 0.2) is 6.20 Å². The van der Waals surface area contributed by atoms with Crippen LogP contribution in [0.5, 0.6) is 5.75 Å². The van der Waals surface area contributed by atoms with Crippen molar-refractivity contribution in [3.63, 3.8) is 0 Å². The van der Waals surface area contributed by atoms with E-state index in [2.05, 4.69) is 18.8 Å². The summed E-state index contributed by atoms with van der Waals surface area (Å²) in [5, 5.41) is 0. The van der Waals surface area contributed by atoms with Crippen LogP contribution in [0.4, 0.5) is 0 Å². The predicted octanol–water partition coefficient (Wildman–Crippen LogP) is 4.04. The Balaban J connectivity index is 2.89. The van der Waals surface area contributed by atoms with Gasteiger partial charge in [-0.2, -0.15) is 0 Å². The average molecular weight is 277 g/mol. The Kier molecular flexibility index (Phi) is 6.69. The number of Topliss-reactive ketones (excluding diaryl/α,β-unsaturated/α-hetero) is 1. The van der Waals surface area contributed by atoms with Gasteiger partial charge in [-0.05, 0) is 26.7 Å². The summed E-state index contributed by atoms with van der Waals surface area (Å²) in [6, 6.07) is 0. The summed E-state index contributed by atoms with van der Waals surface area (Å²) < 4.78 is 5.40. The molecule has 0 aliphatic rings. The van der Waals surface area contributed by atoms with Crippen LogP contribution in [-0.4, -0.2) is 17.9 Å². The van der Waals surface area contributed by atoms with E-state index in [1.807, 2.05) is 13.8 Å². The summed E-state index contributed by atoms with van der Waals surface area (Å²) >= 11 is 0. The first-order valence-corrected chi connectivity index (χ1v) is 7.56. The molecule has 0 fully saturated rings. The third kappa shape index (κ3) is 4.06. The smallest absolute Gasteiger partial charge is 0.141 e. The largest absolute Gasteiger partial charge is 0.496 e. The Morgan fingerprint density at radius 1 is 1.25 bits per heavy atom. The molecule has 0 atom stereocenters. The lowest BCUT2D eigenvalue weighted by atomic mass is 9.90. The minimum atomic E-state index is 0.179. The first-order chi connectivity index (χ1) is 9.54. The Hall–Kier alpha value is -1.38. The second kappa shape index (κ2) is 8.03. The molecule has 1 heterocycles. The maximum atomic E-state index is 12.4. The van der Waals surface area contributed by atoms with Gasteiger partial charge in [0.25, 0.3) is 0 Å². The van der Waals surface area contributed by atoms with Gasteiger partial charge in [0, 0.05) is 29.7 Å². The van der Waals surface area contributed by atoms with Crippen molar-refractivity contribution in [1.82, 2.24) is 4.98 Å². The van der Waals surface area contributed by atoms with Crippen LogP contribution in [0.2, 0.25) is 0 Å². The fourth-order valence-electron chi connectivity index (χ4n) is 2.72. The minimum Gasteiger partial charge on any atom is -0.496 e. The van der Waals surface area contributed by atoms with Crippen molar-refractivity contribution in [3.8, 4) is 5.75 Å². The van der Waals surface area contributed by atoms with Crippen LogP contribution >= 0.6 is 0 Å². The van der Waals surface area contributed by atoms with Gasteiger partial charge in [-0.1, -0.05) is 26.7 Å². The first kappa shape index (κ1) is 16.7. The number of hydrogen-bond donors (Lipinski definition) is 0. The van der Waals surface area contributed by atoms with Gasteiger partial charge in [0.1, 0.15) is 11.5 Å². The number of rotatable bonds is 8. The monoisotopic (exact) mass is 277 g/mol. The maximum Gasteiger partial charge on any atom is 0.141 e. The van der Waals surface area contributed by atoms with E-state index < -0.39 is 0 Å². The molecule has 1 aromatic heterocycles. The minimum absolute atomic E-state index is 0.179. The van der Waals surface area contributed by atoms with E-state index in [4.69, 9.17) is 4.74 Å². The Labute approximate surface area is 122 Å². The average Bonchev–Trinajstić information content (AvgIpc) is 2.42. The van der Waals surface area contributed by atoms with Gasteiger partial charge in [-0.15, -0.1) is 0 Å². The number of ether oxygens (including phenoxy) is 1. The fraction of sp³-hybridized carbons (Fsp3) is 0.647. The van der Waals surface area contributed by atoms with Gasteiger partial charge >= 0.3 is 0 Å². The maximum absolute atomic E-state index is 12.4. The van der Waals surface area contributed by atoms with Gasteiger partial charge in [-0.25, -0.2) is 0 Å². The van der Waals surface area contributed by atoms with Crippen molar-refractivity contribution in [2.24, 2.45) is 5.92 Å². The molecular weight excluding hydrogens is 250 g/mol.